The number of hydrogen-bond donors (Lipinski definition) is 2. The van der Waals surface area contributed by atoms with Crippen molar-refractivity contribution in [1.29, 1.82) is 0 Å². The second-order valence-electron chi connectivity index (χ2n) is 4.24. The van der Waals surface area contributed by atoms with Crippen LogP contribution in [0.25, 0.3) is 0 Å². The van der Waals surface area contributed by atoms with E-state index in [1.165, 1.54) is 12.1 Å². The van der Waals surface area contributed by atoms with E-state index in [0.717, 1.165) is 12.5 Å². The molecular weight excluding hydrogens is 281 g/mol. The fraction of sp³-hybridized carbons (Fsp3) is 0.429. The van der Waals surface area contributed by atoms with Crippen LogP contribution in [0.5, 0.6) is 0 Å². The molecule has 0 aliphatic carbocycles. The Bertz CT molecular complexity index is 603. The minimum absolute atomic E-state index is 0.0170. The normalized spacial score (nSPS) is 10.8. The molecule has 20 heavy (non-hydrogen) atoms. The molecule has 2 N–H and O–H groups in total. The van der Waals surface area contributed by atoms with Crippen molar-refractivity contribution in [3.8, 4) is 11.8 Å². The van der Waals surface area contributed by atoms with Crippen LogP contribution in [-0.2, 0) is 10.0 Å². The van der Waals surface area contributed by atoms with Gasteiger partial charge in [0.15, 0.2) is 0 Å². The van der Waals surface area contributed by atoms with Gasteiger partial charge in [0.2, 0.25) is 10.0 Å². The van der Waals surface area contributed by atoms with Gasteiger partial charge in [-0.05, 0) is 24.6 Å². The van der Waals surface area contributed by atoms with Crippen molar-refractivity contribution >= 4 is 15.7 Å². The highest BCUT2D eigenvalue weighted by atomic mass is 32.2. The number of sulfonamides is 1. The minimum atomic E-state index is -3.43. The Labute approximate surface area is 119 Å². The fourth-order valence-electron chi connectivity index (χ4n) is 1.46. The lowest BCUT2D eigenvalue weighted by molar-refractivity contribution is 0.305. The van der Waals surface area contributed by atoms with Crippen LogP contribution in [0.4, 0.5) is 10.1 Å². The molecule has 0 saturated carbocycles. The van der Waals surface area contributed by atoms with Crippen LogP contribution in [0.2, 0.25) is 0 Å². The molecular formula is C14H18FNO3S. The Morgan fingerprint density at radius 1 is 1.40 bits per heavy atom. The summed E-state index contributed by atoms with van der Waals surface area (Å²) in [4.78, 5) is 0. The van der Waals surface area contributed by atoms with E-state index < -0.39 is 15.8 Å². The SMILES string of the molecule is CCCCS(=O)(=O)Nc1ccc(C#CCCO)c(F)c1. The van der Waals surface area contributed by atoms with E-state index in [1.807, 2.05) is 6.92 Å². The molecule has 0 radical (unpaired) electrons. The van der Waals surface area contributed by atoms with Gasteiger partial charge in [-0.15, -0.1) is 0 Å². The lowest BCUT2D eigenvalue weighted by Crippen LogP contribution is -2.16. The molecule has 0 amide bonds. The molecule has 4 nitrogen and oxygen atoms in total. The number of halogens is 1. The van der Waals surface area contributed by atoms with E-state index in [-0.39, 0.29) is 30.0 Å². The first-order valence-corrected chi connectivity index (χ1v) is 8.03. The summed E-state index contributed by atoms with van der Waals surface area (Å²) < 4.78 is 39.4. The second-order valence-corrected chi connectivity index (χ2v) is 6.09. The molecule has 110 valence electrons. The van der Waals surface area contributed by atoms with Crippen LogP contribution in [0.3, 0.4) is 0 Å². The van der Waals surface area contributed by atoms with Gasteiger partial charge in [0.25, 0.3) is 0 Å². The molecule has 0 heterocycles. The summed E-state index contributed by atoms with van der Waals surface area (Å²) in [5.41, 5.74) is 0.362. The van der Waals surface area contributed by atoms with Crippen LogP contribution in [0, 0.1) is 17.7 Å². The first-order valence-electron chi connectivity index (χ1n) is 6.38. The number of hydrogen-bond acceptors (Lipinski definition) is 3. The van der Waals surface area contributed by atoms with E-state index in [9.17, 15) is 12.8 Å². The Hall–Kier alpha value is -1.58. The van der Waals surface area contributed by atoms with Gasteiger partial charge in [0.1, 0.15) is 5.82 Å². The molecule has 0 aliphatic rings. The monoisotopic (exact) mass is 299 g/mol. The summed E-state index contributed by atoms with van der Waals surface area (Å²) in [5, 5.41) is 8.58. The Kier molecular flexibility index (Phi) is 6.49. The van der Waals surface area contributed by atoms with Gasteiger partial charge in [-0.3, -0.25) is 4.72 Å². The van der Waals surface area contributed by atoms with Gasteiger partial charge in [-0.1, -0.05) is 25.2 Å². The highest BCUT2D eigenvalue weighted by Crippen LogP contribution is 2.15. The lowest BCUT2D eigenvalue weighted by Gasteiger charge is -2.07. The highest BCUT2D eigenvalue weighted by molar-refractivity contribution is 7.92. The molecule has 0 aliphatic heterocycles. The van der Waals surface area contributed by atoms with Crippen LogP contribution in [0.15, 0.2) is 18.2 Å². The second kappa shape index (κ2) is 7.88. The van der Waals surface area contributed by atoms with E-state index >= 15 is 0 Å². The van der Waals surface area contributed by atoms with Crippen molar-refractivity contribution in [2.45, 2.75) is 26.2 Å². The minimum Gasteiger partial charge on any atom is -0.395 e. The van der Waals surface area contributed by atoms with Crippen molar-refractivity contribution in [3.63, 3.8) is 0 Å². The van der Waals surface area contributed by atoms with Gasteiger partial charge in [0, 0.05) is 6.42 Å². The van der Waals surface area contributed by atoms with Crippen molar-refractivity contribution in [2.24, 2.45) is 0 Å². The summed E-state index contributed by atoms with van der Waals surface area (Å²) in [6, 6.07) is 3.99. The fourth-order valence-corrected chi connectivity index (χ4v) is 2.72. The van der Waals surface area contributed by atoms with E-state index in [0.29, 0.717) is 6.42 Å². The van der Waals surface area contributed by atoms with Gasteiger partial charge < -0.3 is 5.11 Å². The highest BCUT2D eigenvalue weighted by Gasteiger charge is 2.10. The molecule has 1 rings (SSSR count). The third-order valence-corrected chi connectivity index (χ3v) is 3.84. The Morgan fingerprint density at radius 3 is 2.75 bits per heavy atom. The number of anilines is 1. The smallest absolute Gasteiger partial charge is 0.232 e. The third kappa shape index (κ3) is 5.59. The number of rotatable bonds is 6. The predicted octanol–water partition coefficient (Wildman–Crippen LogP) is 2.10. The summed E-state index contributed by atoms with van der Waals surface area (Å²) in [6.07, 6.45) is 1.60. The van der Waals surface area contributed by atoms with E-state index in [4.69, 9.17) is 5.11 Å². The molecule has 0 unspecified atom stereocenters. The zero-order chi connectivity index (χ0) is 15.0. The van der Waals surface area contributed by atoms with Gasteiger partial charge in [0.05, 0.1) is 23.6 Å². The maximum Gasteiger partial charge on any atom is 0.232 e. The molecule has 0 atom stereocenters. The third-order valence-electron chi connectivity index (χ3n) is 2.47. The zero-order valence-corrected chi connectivity index (χ0v) is 12.1. The topological polar surface area (TPSA) is 66.4 Å². The van der Waals surface area contributed by atoms with E-state index in [2.05, 4.69) is 16.6 Å². The number of benzene rings is 1. The lowest BCUT2D eigenvalue weighted by atomic mass is 10.2. The number of aliphatic hydroxyl groups is 1. The number of nitrogens with one attached hydrogen (secondary N) is 1. The molecule has 0 saturated heterocycles. The largest absolute Gasteiger partial charge is 0.395 e. The van der Waals surface area contributed by atoms with Gasteiger partial charge in [-0.2, -0.15) is 0 Å². The summed E-state index contributed by atoms with van der Waals surface area (Å²) in [7, 11) is -3.43. The van der Waals surface area contributed by atoms with Gasteiger partial charge >= 0.3 is 0 Å². The molecule has 0 aromatic heterocycles. The Morgan fingerprint density at radius 2 is 2.15 bits per heavy atom. The van der Waals surface area contributed by atoms with E-state index in [1.54, 1.807) is 0 Å². The van der Waals surface area contributed by atoms with Crippen molar-refractivity contribution in [2.75, 3.05) is 17.1 Å². The summed E-state index contributed by atoms with van der Waals surface area (Å²) in [6.45, 7) is 1.82. The molecule has 0 spiro atoms. The standard InChI is InChI=1S/C14H18FNO3S/c1-2-3-10-20(18,19)16-13-8-7-12(14(15)11-13)6-4-5-9-17/h7-8,11,16-17H,2-3,5,9-10H2,1H3. The number of aliphatic hydroxyl groups excluding tert-OH is 1. The maximum atomic E-state index is 13.7. The average molecular weight is 299 g/mol. The Balaban J connectivity index is 2.80. The predicted molar refractivity (Wildman–Crippen MR) is 77.3 cm³/mol. The molecule has 0 bridgehead atoms. The molecule has 1 aromatic carbocycles. The van der Waals surface area contributed by atoms with Crippen LogP contribution < -0.4 is 4.72 Å². The van der Waals surface area contributed by atoms with Crippen LogP contribution in [-0.4, -0.2) is 25.9 Å². The van der Waals surface area contributed by atoms with Crippen LogP contribution >= 0.6 is 0 Å². The van der Waals surface area contributed by atoms with Crippen molar-refractivity contribution in [3.05, 3.63) is 29.6 Å². The average Bonchev–Trinajstić information content (AvgIpc) is 2.39. The summed E-state index contributed by atoms with van der Waals surface area (Å²) >= 11 is 0. The van der Waals surface area contributed by atoms with Crippen molar-refractivity contribution in [1.82, 2.24) is 0 Å². The number of unbranched alkanes of at least 4 members (excludes halogenated alkanes) is 1. The van der Waals surface area contributed by atoms with Crippen molar-refractivity contribution < 1.29 is 17.9 Å². The van der Waals surface area contributed by atoms with Gasteiger partial charge in [-0.25, -0.2) is 12.8 Å². The molecule has 0 fully saturated rings. The first kappa shape index (κ1) is 16.5. The first-order chi connectivity index (χ1) is 9.48. The molecule has 6 heteroatoms. The zero-order valence-electron chi connectivity index (χ0n) is 11.3. The summed E-state index contributed by atoms with van der Waals surface area (Å²) in [5.74, 6) is 4.61. The van der Waals surface area contributed by atoms with Crippen LogP contribution in [0.1, 0.15) is 31.7 Å². The molecule has 1 aromatic rings. The maximum absolute atomic E-state index is 13.7. The quantitative estimate of drug-likeness (QED) is 0.791.